The van der Waals surface area contributed by atoms with Crippen LogP contribution in [0, 0.1) is 0 Å². The lowest BCUT2D eigenvalue weighted by molar-refractivity contribution is -0.00888. The van der Waals surface area contributed by atoms with Gasteiger partial charge in [-0.3, -0.25) is 14.5 Å². The molecule has 0 spiro atoms. The van der Waals surface area contributed by atoms with Crippen molar-refractivity contribution in [2.24, 2.45) is 0 Å². The second-order valence-corrected chi connectivity index (χ2v) is 6.67. The average Bonchev–Trinajstić information content (AvgIpc) is 2.86. The minimum Gasteiger partial charge on any atom is -0.371 e. The number of carbonyl (C=O) groups excluding carboxylic acids is 2. The monoisotopic (exact) mass is 323 g/mol. The number of hydrogen-bond donors (Lipinski definition) is 0. The van der Waals surface area contributed by atoms with Crippen molar-refractivity contribution in [2.45, 2.75) is 32.4 Å². The lowest BCUT2D eigenvalue weighted by Gasteiger charge is -2.34. The predicted octanol–water partition coefficient (Wildman–Crippen LogP) is 3.84. The molecule has 2 amide bonds. The first-order chi connectivity index (χ1) is 11.4. The Kier molecular flexibility index (Phi) is 4.24. The predicted molar refractivity (Wildman–Crippen MR) is 91.8 cm³/mol. The molecule has 1 aliphatic heterocycles. The van der Waals surface area contributed by atoms with Crippen LogP contribution >= 0.6 is 0 Å². The highest BCUT2D eigenvalue weighted by Crippen LogP contribution is 2.30. The van der Waals surface area contributed by atoms with Gasteiger partial charge >= 0.3 is 0 Å². The van der Waals surface area contributed by atoms with Gasteiger partial charge in [-0.05, 0) is 38.5 Å². The average molecular weight is 323 g/mol. The zero-order valence-corrected chi connectivity index (χ0v) is 14.2. The first-order valence-corrected chi connectivity index (χ1v) is 8.06. The maximum Gasteiger partial charge on any atom is 0.262 e. The number of benzene rings is 2. The molecule has 0 N–H and O–H groups in total. The number of hydrogen-bond acceptors (Lipinski definition) is 3. The van der Waals surface area contributed by atoms with Crippen molar-refractivity contribution in [1.82, 2.24) is 4.90 Å². The molecule has 0 bridgehead atoms. The van der Waals surface area contributed by atoms with Crippen molar-refractivity contribution in [3.8, 4) is 0 Å². The second-order valence-electron chi connectivity index (χ2n) is 6.67. The maximum atomic E-state index is 12.6. The van der Waals surface area contributed by atoms with E-state index in [0.29, 0.717) is 11.1 Å². The van der Waals surface area contributed by atoms with Gasteiger partial charge in [0.05, 0.1) is 29.4 Å². The summed E-state index contributed by atoms with van der Waals surface area (Å²) in [4.78, 5) is 26.6. The topological polar surface area (TPSA) is 46.6 Å². The van der Waals surface area contributed by atoms with Gasteiger partial charge in [0, 0.05) is 0 Å². The summed E-state index contributed by atoms with van der Waals surface area (Å²) in [5.41, 5.74) is 1.27. The van der Waals surface area contributed by atoms with E-state index in [0.717, 1.165) is 5.56 Å². The molecule has 124 valence electrons. The molecule has 0 aliphatic carbocycles. The third kappa shape index (κ3) is 2.85. The summed E-state index contributed by atoms with van der Waals surface area (Å²) in [7, 11) is 0. The molecule has 1 unspecified atom stereocenters. The molecule has 0 saturated carbocycles. The quantitative estimate of drug-likeness (QED) is 0.786. The molecule has 1 aliphatic rings. The Hall–Kier alpha value is -2.46. The zero-order chi connectivity index (χ0) is 17.3. The highest BCUT2D eigenvalue weighted by Gasteiger charge is 2.44. The molecule has 2 aromatic carbocycles. The maximum absolute atomic E-state index is 12.6. The number of ether oxygens (including phenoxy) is 1. The smallest absolute Gasteiger partial charge is 0.262 e. The van der Waals surface area contributed by atoms with Gasteiger partial charge in [0.1, 0.15) is 0 Å². The summed E-state index contributed by atoms with van der Waals surface area (Å²) in [5, 5.41) is 0. The molecule has 1 atom stereocenters. The van der Waals surface area contributed by atoms with Crippen molar-refractivity contribution >= 4 is 11.8 Å². The van der Waals surface area contributed by atoms with E-state index in [1.165, 1.54) is 4.90 Å². The Labute approximate surface area is 142 Å². The third-order valence-corrected chi connectivity index (χ3v) is 4.35. The van der Waals surface area contributed by atoms with E-state index in [2.05, 4.69) is 0 Å². The number of rotatable bonds is 5. The van der Waals surface area contributed by atoms with Gasteiger partial charge in [-0.15, -0.1) is 0 Å². The van der Waals surface area contributed by atoms with E-state index in [4.69, 9.17) is 4.74 Å². The molecule has 0 aromatic heterocycles. The third-order valence-electron chi connectivity index (χ3n) is 4.35. The number of nitrogens with zero attached hydrogens (tertiary/aromatic N) is 1. The summed E-state index contributed by atoms with van der Waals surface area (Å²) in [6.45, 7) is 5.95. The van der Waals surface area contributed by atoms with Crippen LogP contribution in [0.2, 0.25) is 0 Å². The lowest BCUT2D eigenvalue weighted by atomic mass is 10.0. The lowest BCUT2D eigenvalue weighted by Crippen LogP contribution is -2.50. The largest absolute Gasteiger partial charge is 0.371 e. The first-order valence-electron chi connectivity index (χ1n) is 8.06. The molecule has 0 fully saturated rings. The highest BCUT2D eigenvalue weighted by atomic mass is 16.5. The standard InChI is InChI=1S/C20H21NO3/c1-14(15-9-5-4-6-10-15)24-13-20(2,3)21-18(22)16-11-7-8-12-17(16)19(21)23/h4-12,14H,13H2,1-3H3. The number of amides is 2. The van der Waals surface area contributed by atoms with E-state index in [-0.39, 0.29) is 24.5 Å². The van der Waals surface area contributed by atoms with Crippen molar-refractivity contribution in [1.29, 1.82) is 0 Å². The molecule has 2 aromatic rings. The van der Waals surface area contributed by atoms with Gasteiger partial charge in [-0.25, -0.2) is 0 Å². The summed E-state index contributed by atoms with van der Waals surface area (Å²) >= 11 is 0. The molecule has 24 heavy (non-hydrogen) atoms. The Bertz CT molecular complexity index is 732. The Morgan fingerprint density at radius 2 is 1.42 bits per heavy atom. The van der Waals surface area contributed by atoms with Crippen LogP contribution in [0.25, 0.3) is 0 Å². The van der Waals surface area contributed by atoms with E-state index in [9.17, 15) is 9.59 Å². The SMILES string of the molecule is CC(OCC(C)(C)N1C(=O)c2ccccc2C1=O)c1ccccc1. The van der Waals surface area contributed by atoms with Crippen molar-refractivity contribution in [2.75, 3.05) is 6.61 Å². The fourth-order valence-corrected chi connectivity index (χ4v) is 2.95. The Morgan fingerprint density at radius 3 is 1.96 bits per heavy atom. The number of carbonyl (C=O) groups is 2. The molecular formula is C20H21NO3. The summed E-state index contributed by atoms with van der Waals surface area (Å²) in [5.74, 6) is -0.506. The Balaban J connectivity index is 1.75. The van der Waals surface area contributed by atoms with E-state index in [1.54, 1.807) is 24.3 Å². The highest BCUT2D eigenvalue weighted by molar-refractivity contribution is 6.21. The van der Waals surface area contributed by atoms with Gasteiger partial charge in [0.15, 0.2) is 0 Å². The van der Waals surface area contributed by atoms with Crippen LogP contribution in [0.5, 0.6) is 0 Å². The van der Waals surface area contributed by atoms with Crippen LogP contribution in [0.3, 0.4) is 0 Å². The van der Waals surface area contributed by atoms with Crippen LogP contribution in [-0.2, 0) is 4.74 Å². The molecule has 4 nitrogen and oxygen atoms in total. The van der Waals surface area contributed by atoms with Crippen molar-refractivity contribution < 1.29 is 14.3 Å². The van der Waals surface area contributed by atoms with Gasteiger partial charge in [0.2, 0.25) is 0 Å². The normalized spacial score (nSPS) is 15.5. The van der Waals surface area contributed by atoms with Gasteiger partial charge < -0.3 is 4.74 Å². The number of imide groups is 1. The molecule has 4 heteroatoms. The van der Waals surface area contributed by atoms with Crippen LogP contribution in [0.15, 0.2) is 54.6 Å². The minimum atomic E-state index is -0.726. The molecule has 0 saturated heterocycles. The van der Waals surface area contributed by atoms with Crippen LogP contribution in [0.1, 0.15) is 53.2 Å². The second kappa shape index (κ2) is 6.21. The molecular weight excluding hydrogens is 302 g/mol. The molecule has 1 heterocycles. The van der Waals surface area contributed by atoms with Crippen LogP contribution in [-0.4, -0.2) is 28.9 Å². The van der Waals surface area contributed by atoms with Gasteiger partial charge in [0.25, 0.3) is 11.8 Å². The van der Waals surface area contributed by atoms with E-state index >= 15 is 0 Å². The van der Waals surface area contributed by atoms with Gasteiger partial charge in [-0.2, -0.15) is 0 Å². The fourth-order valence-electron chi connectivity index (χ4n) is 2.95. The van der Waals surface area contributed by atoms with Crippen molar-refractivity contribution in [3.63, 3.8) is 0 Å². The zero-order valence-electron chi connectivity index (χ0n) is 14.2. The fraction of sp³-hybridized carbons (Fsp3) is 0.300. The van der Waals surface area contributed by atoms with Gasteiger partial charge in [-0.1, -0.05) is 42.5 Å². The number of fused-ring (bicyclic) bond motifs is 1. The minimum absolute atomic E-state index is 0.111. The Morgan fingerprint density at radius 1 is 0.917 bits per heavy atom. The summed E-state index contributed by atoms with van der Waals surface area (Å²) in [6.07, 6.45) is -0.111. The first kappa shape index (κ1) is 16.4. The van der Waals surface area contributed by atoms with E-state index in [1.807, 2.05) is 51.1 Å². The van der Waals surface area contributed by atoms with E-state index < -0.39 is 5.54 Å². The van der Waals surface area contributed by atoms with Crippen LogP contribution < -0.4 is 0 Å². The summed E-state index contributed by atoms with van der Waals surface area (Å²) < 4.78 is 5.95. The molecule has 0 radical (unpaired) electrons. The molecule has 3 rings (SSSR count). The van der Waals surface area contributed by atoms with Crippen LogP contribution in [0.4, 0.5) is 0 Å². The summed E-state index contributed by atoms with van der Waals surface area (Å²) in [6, 6.07) is 16.8. The van der Waals surface area contributed by atoms with Crippen molar-refractivity contribution in [3.05, 3.63) is 71.3 Å².